The van der Waals surface area contributed by atoms with Crippen LogP contribution in [0.4, 0.5) is 0 Å². The molecule has 1 N–H and O–H groups in total. The van der Waals surface area contributed by atoms with Crippen LogP contribution < -0.4 is 0 Å². The highest BCUT2D eigenvalue weighted by Gasteiger charge is 2.43. The van der Waals surface area contributed by atoms with Gasteiger partial charge in [0.05, 0.1) is 0 Å². The van der Waals surface area contributed by atoms with E-state index in [4.69, 9.17) is 5.11 Å². The van der Waals surface area contributed by atoms with Crippen molar-refractivity contribution in [2.24, 2.45) is 11.8 Å². The Balaban J connectivity index is 1.56. The van der Waals surface area contributed by atoms with Crippen molar-refractivity contribution in [2.75, 3.05) is 11.5 Å². The number of carboxylic acid groups (broad SMARTS) is 1. The molecule has 118 valence electrons. The van der Waals surface area contributed by atoms with Crippen LogP contribution >= 0.6 is 11.8 Å². The zero-order chi connectivity index (χ0) is 14.8. The number of amides is 1. The van der Waals surface area contributed by atoms with Crippen molar-refractivity contribution in [2.45, 2.75) is 63.5 Å². The molecule has 4 nitrogen and oxygen atoms in total. The fourth-order valence-corrected chi connectivity index (χ4v) is 5.62. The molecule has 0 spiro atoms. The number of fused-ring (bicyclic) bond motifs is 2. The minimum Gasteiger partial charge on any atom is -0.481 e. The first-order valence-electron chi connectivity index (χ1n) is 8.24. The lowest BCUT2D eigenvalue weighted by Gasteiger charge is -2.39. The summed E-state index contributed by atoms with van der Waals surface area (Å²) in [6.07, 6.45) is 7.30. The molecule has 0 radical (unpaired) electrons. The van der Waals surface area contributed by atoms with Gasteiger partial charge in [0.1, 0.15) is 0 Å². The summed E-state index contributed by atoms with van der Waals surface area (Å²) in [6, 6.07) is 0.636. The molecule has 2 bridgehead atoms. The maximum Gasteiger partial charge on any atom is 0.303 e. The van der Waals surface area contributed by atoms with E-state index in [0.717, 1.165) is 32.1 Å². The summed E-state index contributed by atoms with van der Waals surface area (Å²) in [4.78, 5) is 25.7. The molecule has 21 heavy (non-hydrogen) atoms. The summed E-state index contributed by atoms with van der Waals surface area (Å²) in [5.41, 5.74) is 0. The van der Waals surface area contributed by atoms with Gasteiger partial charge in [0.25, 0.3) is 0 Å². The minimum absolute atomic E-state index is 0.273. The van der Waals surface area contributed by atoms with Gasteiger partial charge in [0.2, 0.25) is 5.91 Å². The number of aliphatic carboxylic acids is 1. The van der Waals surface area contributed by atoms with Crippen molar-refractivity contribution in [3.63, 3.8) is 0 Å². The number of piperidine rings is 1. The van der Waals surface area contributed by atoms with E-state index in [1.54, 1.807) is 0 Å². The quantitative estimate of drug-likeness (QED) is 0.867. The predicted molar refractivity (Wildman–Crippen MR) is 83.3 cm³/mol. The van der Waals surface area contributed by atoms with E-state index < -0.39 is 5.97 Å². The molecule has 3 fully saturated rings. The molecule has 0 aromatic rings. The van der Waals surface area contributed by atoms with Crippen LogP contribution in [-0.2, 0) is 9.59 Å². The molecule has 0 aromatic carbocycles. The van der Waals surface area contributed by atoms with Gasteiger partial charge >= 0.3 is 5.97 Å². The summed E-state index contributed by atoms with van der Waals surface area (Å²) >= 11 is 2.00. The highest BCUT2D eigenvalue weighted by atomic mass is 32.2. The van der Waals surface area contributed by atoms with E-state index in [1.807, 2.05) is 11.8 Å². The maximum absolute atomic E-state index is 12.7. The van der Waals surface area contributed by atoms with Crippen molar-refractivity contribution in [3.8, 4) is 0 Å². The number of carbonyl (C=O) groups is 2. The van der Waals surface area contributed by atoms with Crippen LogP contribution in [0.3, 0.4) is 0 Å². The van der Waals surface area contributed by atoms with Gasteiger partial charge in [-0.2, -0.15) is 11.8 Å². The van der Waals surface area contributed by atoms with Gasteiger partial charge in [-0.3, -0.25) is 9.59 Å². The van der Waals surface area contributed by atoms with Crippen LogP contribution in [0.15, 0.2) is 0 Å². The normalized spacial score (nSPS) is 33.1. The first-order chi connectivity index (χ1) is 10.1. The molecule has 0 aliphatic carbocycles. The van der Waals surface area contributed by atoms with Gasteiger partial charge in [-0.05, 0) is 61.9 Å². The third-order valence-corrected chi connectivity index (χ3v) is 6.43. The highest BCUT2D eigenvalue weighted by Crippen LogP contribution is 2.41. The molecule has 0 aromatic heterocycles. The SMILES string of the molecule is O=C(O)CC1CC2CCC(C1)N2C(=O)CC1CCSCC1. The van der Waals surface area contributed by atoms with Crippen molar-refractivity contribution in [1.29, 1.82) is 0 Å². The van der Waals surface area contributed by atoms with E-state index in [-0.39, 0.29) is 12.3 Å². The first kappa shape index (κ1) is 15.2. The van der Waals surface area contributed by atoms with E-state index >= 15 is 0 Å². The fraction of sp³-hybridized carbons (Fsp3) is 0.875. The van der Waals surface area contributed by atoms with E-state index in [9.17, 15) is 9.59 Å². The second kappa shape index (κ2) is 6.59. The largest absolute Gasteiger partial charge is 0.481 e. The summed E-state index contributed by atoms with van der Waals surface area (Å²) in [5.74, 6) is 2.90. The third kappa shape index (κ3) is 3.55. The van der Waals surface area contributed by atoms with Gasteiger partial charge in [0, 0.05) is 24.9 Å². The number of carbonyl (C=O) groups excluding carboxylic acids is 1. The molecule has 2 atom stereocenters. The molecule has 3 aliphatic rings. The molecule has 3 aliphatic heterocycles. The van der Waals surface area contributed by atoms with Crippen LogP contribution in [0.1, 0.15) is 51.4 Å². The van der Waals surface area contributed by atoms with Crippen molar-refractivity contribution in [1.82, 2.24) is 4.90 Å². The van der Waals surface area contributed by atoms with E-state index in [1.165, 1.54) is 24.3 Å². The van der Waals surface area contributed by atoms with Crippen LogP contribution in [0.2, 0.25) is 0 Å². The Morgan fingerprint density at radius 2 is 1.57 bits per heavy atom. The maximum atomic E-state index is 12.7. The Morgan fingerprint density at radius 1 is 0.952 bits per heavy atom. The molecule has 3 heterocycles. The fourth-order valence-electron chi connectivity index (χ4n) is 4.41. The molecule has 2 unspecified atom stereocenters. The Kier molecular flexibility index (Phi) is 4.77. The zero-order valence-corrected chi connectivity index (χ0v) is 13.3. The second-order valence-electron chi connectivity index (χ2n) is 6.88. The van der Waals surface area contributed by atoms with Gasteiger partial charge in [-0.1, -0.05) is 0 Å². The second-order valence-corrected chi connectivity index (χ2v) is 8.11. The number of rotatable bonds is 4. The summed E-state index contributed by atoms with van der Waals surface area (Å²) < 4.78 is 0. The van der Waals surface area contributed by atoms with Gasteiger partial charge in [-0.25, -0.2) is 0 Å². The summed E-state index contributed by atoms with van der Waals surface area (Å²) in [6.45, 7) is 0. The van der Waals surface area contributed by atoms with Crippen molar-refractivity contribution in [3.05, 3.63) is 0 Å². The Bertz CT molecular complexity index is 394. The van der Waals surface area contributed by atoms with Gasteiger partial charge < -0.3 is 10.0 Å². The monoisotopic (exact) mass is 311 g/mol. The minimum atomic E-state index is -0.695. The Morgan fingerprint density at radius 3 is 2.14 bits per heavy atom. The molecule has 3 saturated heterocycles. The van der Waals surface area contributed by atoms with Gasteiger partial charge in [0.15, 0.2) is 0 Å². The lowest BCUT2D eigenvalue weighted by atomic mass is 9.87. The van der Waals surface area contributed by atoms with E-state index in [0.29, 0.717) is 23.9 Å². The summed E-state index contributed by atoms with van der Waals surface area (Å²) in [5, 5.41) is 8.97. The standard InChI is InChI=1S/C16H25NO3S/c18-15(9-11-3-5-21-6-4-11)17-13-1-2-14(17)8-12(7-13)10-16(19)20/h11-14H,1-10H2,(H,19,20). The highest BCUT2D eigenvalue weighted by molar-refractivity contribution is 7.99. The molecule has 0 saturated carbocycles. The number of thioether (sulfide) groups is 1. The smallest absolute Gasteiger partial charge is 0.303 e. The molecule has 1 amide bonds. The van der Waals surface area contributed by atoms with Crippen LogP contribution in [0.25, 0.3) is 0 Å². The number of hydrogen-bond acceptors (Lipinski definition) is 3. The zero-order valence-electron chi connectivity index (χ0n) is 12.5. The molecule has 5 heteroatoms. The average Bonchev–Trinajstić information content (AvgIpc) is 2.71. The first-order valence-corrected chi connectivity index (χ1v) is 9.39. The van der Waals surface area contributed by atoms with Crippen LogP contribution in [0.5, 0.6) is 0 Å². The predicted octanol–water partition coefficient (Wildman–Crippen LogP) is 2.76. The molecule has 3 rings (SSSR count). The number of hydrogen-bond donors (Lipinski definition) is 1. The lowest BCUT2D eigenvalue weighted by molar-refractivity contribution is -0.140. The third-order valence-electron chi connectivity index (χ3n) is 5.39. The van der Waals surface area contributed by atoms with Crippen molar-refractivity contribution >= 4 is 23.6 Å². The van der Waals surface area contributed by atoms with Gasteiger partial charge in [-0.15, -0.1) is 0 Å². The Labute approximate surface area is 130 Å². The number of nitrogens with zero attached hydrogens (tertiary/aromatic N) is 1. The van der Waals surface area contributed by atoms with Crippen LogP contribution in [0, 0.1) is 11.8 Å². The van der Waals surface area contributed by atoms with Crippen LogP contribution in [-0.4, -0.2) is 45.5 Å². The topological polar surface area (TPSA) is 57.6 Å². The average molecular weight is 311 g/mol. The summed E-state index contributed by atoms with van der Waals surface area (Å²) in [7, 11) is 0. The lowest BCUT2D eigenvalue weighted by Crippen LogP contribution is -2.47. The van der Waals surface area contributed by atoms with Crippen molar-refractivity contribution < 1.29 is 14.7 Å². The Hall–Kier alpha value is -0.710. The van der Waals surface area contributed by atoms with E-state index in [2.05, 4.69) is 4.90 Å². The molecular formula is C16H25NO3S. The molecular weight excluding hydrogens is 286 g/mol. The number of carboxylic acids is 1.